The summed E-state index contributed by atoms with van der Waals surface area (Å²) in [5.41, 5.74) is 4.03. The van der Waals surface area contributed by atoms with Crippen molar-refractivity contribution in [3.63, 3.8) is 0 Å². The minimum absolute atomic E-state index is 1.09. The zero-order valence-corrected chi connectivity index (χ0v) is 8.74. The fraction of sp³-hybridized carbons (Fsp3) is 0.273. The molecular formula is C11H13NS. The molecule has 13 heavy (non-hydrogen) atoms. The molecule has 1 N–H and O–H groups in total. The minimum atomic E-state index is 1.09. The highest BCUT2D eigenvalue weighted by atomic mass is 32.2. The third-order valence-electron chi connectivity index (χ3n) is 2.30. The van der Waals surface area contributed by atoms with E-state index in [1.807, 2.05) is 11.8 Å². The van der Waals surface area contributed by atoms with Gasteiger partial charge in [-0.1, -0.05) is 12.1 Å². The van der Waals surface area contributed by atoms with Crippen LogP contribution in [-0.2, 0) is 5.75 Å². The summed E-state index contributed by atoms with van der Waals surface area (Å²) in [5, 5.41) is 1.40. The van der Waals surface area contributed by atoms with Gasteiger partial charge in [-0.25, -0.2) is 0 Å². The summed E-state index contributed by atoms with van der Waals surface area (Å²) in [5.74, 6) is 1.09. The van der Waals surface area contributed by atoms with Crippen molar-refractivity contribution in [2.24, 2.45) is 0 Å². The highest BCUT2D eigenvalue weighted by molar-refractivity contribution is 7.97. The summed E-state index contributed by atoms with van der Waals surface area (Å²) in [7, 11) is 0. The number of benzene rings is 1. The molecule has 0 spiro atoms. The van der Waals surface area contributed by atoms with Crippen molar-refractivity contribution in [1.82, 2.24) is 4.98 Å². The predicted octanol–water partition coefficient (Wildman–Crippen LogP) is 3.34. The van der Waals surface area contributed by atoms with E-state index in [9.17, 15) is 0 Å². The number of aromatic amines is 1. The molecule has 0 bridgehead atoms. The Morgan fingerprint density at radius 3 is 3.00 bits per heavy atom. The van der Waals surface area contributed by atoms with Crippen LogP contribution < -0.4 is 0 Å². The number of hydrogen-bond donors (Lipinski definition) is 1. The minimum Gasteiger partial charge on any atom is -0.361 e. The number of hydrogen-bond acceptors (Lipinski definition) is 1. The van der Waals surface area contributed by atoms with Crippen molar-refractivity contribution in [3.05, 3.63) is 35.5 Å². The molecule has 0 saturated heterocycles. The molecule has 2 aromatic rings. The smallest absolute Gasteiger partial charge is 0.0459 e. The number of rotatable bonds is 2. The molecule has 68 valence electrons. The molecule has 0 radical (unpaired) electrons. The lowest BCUT2D eigenvalue weighted by Gasteiger charge is -1.99. The highest BCUT2D eigenvalue weighted by Crippen LogP contribution is 2.24. The lowest BCUT2D eigenvalue weighted by molar-refractivity contribution is 1.40. The van der Waals surface area contributed by atoms with E-state index in [1.54, 1.807) is 0 Å². The Labute approximate surface area is 82.5 Å². The summed E-state index contributed by atoms with van der Waals surface area (Å²) in [4.78, 5) is 3.30. The zero-order valence-electron chi connectivity index (χ0n) is 7.92. The van der Waals surface area contributed by atoms with Crippen LogP contribution in [0.4, 0.5) is 0 Å². The van der Waals surface area contributed by atoms with Crippen molar-refractivity contribution >= 4 is 22.7 Å². The first-order valence-corrected chi connectivity index (χ1v) is 5.77. The molecule has 0 amide bonds. The van der Waals surface area contributed by atoms with E-state index in [1.165, 1.54) is 22.0 Å². The molecule has 0 aliphatic carbocycles. The Bertz CT molecular complexity index is 417. The quantitative estimate of drug-likeness (QED) is 0.769. The van der Waals surface area contributed by atoms with E-state index in [-0.39, 0.29) is 0 Å². The first kappa shape index (κ1) is 8.70. The number of H-pyrrole nitrogens is 1. The SMILES string of the molecule is CSCc1c[nH]c2cccc(C)c12. The summed E-state index contributed by atoms with van der Waals surface area (Å²) in [6.45, 7) is 2.17. The van der Waals surface area contributed by atoms with Crippen LogP contribution >= 0.6 is 11.8 Å². The van der Waals surface area contributed by atoms with Gasteiger partial charge in [0.1, 0.15) is 0 Å². The first-order chi connectivity index (χ1) is 6.33. The maximum absolute atomic E-state index is 3.30. The van der Waals surface area contributed by atoms with Gasteiger partial charge in [-0.2, -0.15) is 11.8 Å². The maximum atomic E-state index is 3.30. The largest absolute Gasteiger partial charge is 0.361 e. The zero-order chi connectivity index (χ0) is 9.26. The van der Waals surface area contributed by atoms with Crippen LogP contribution in [0.15, 0.2) is 24.4 Å². The Hall–Kier alpha value is -0.890. The standard InChI is InChI=1S/C11H13NS/c1-8-4-3-5-10-11(8)9(6-12-10)7-13-2/h3-6,12H,7H2,1-2H3. The molecule has 0 aliphatic rings. The number of thioether (sulfide) groups is 1. The number of aryl methyl sites for hydroxylation is 1. The van der Waals surface area contributed by atoms with Gasteiger partial charge < -0.3 is 4.98 Å². The van der Waals surface area contributed by atoms with Gasteiger partial charge in [0.2, 0.25) is 0 Å². The normalized spacial score (nSPS) is 10.9. The third kappa shape index (κ3) is 1.46. The molecule has 1 aromatic carbocycles. The van der Waals surface area contributed by atoms with Gasteiger partial charge in [-0.15, -0.1) is 0 Å². The van der Waals surface area contributed by atoms with Gasteiger partial charge in [-0.05, 0) is 30.4 Å². The number of aromatic nitrogens is 1. The molecule has 0 aliphatic heterocycles. The second kappa shape index (κ2) is 3.46. The van der Waals surface area contributed by atoms with E-state index >= 15 is 0 Å². The fourth-order valence-corrected chi connectivity index (χ4v) is 2.26. The van der Waals surface area contributed by atoms with E-state index in [4.69, 9.17) is 0 Å². The molecule has 2 rings (SSSR count). The van der Waals surface area contributed by atoms with Crippen LogP contribution in [0.2, 0.25) is 0 Å². The Morgan fingerprint density at radius 2 is 2.23 bits per heavy atom. The van der Waals surface area contributed by atoms with E-state index in [2.05, 4.69) is 42.6 Å². The van der Waals surface area contributed by atoms with Crippen LogP contribution in [0.5, 0.6) is 0 Å². The average Bonchev–Trinajstić information content (AvgIpc) is 2.51. The third-order valence-corrected chi connectivity index (χ3v) is 2.90. The molecule has 1 heterocycles. The van der Waals surface area contributed by atoms with Crippen molar-refractivity contribution in [3.8, 4) is 0 Å². The topological polar surface area (TPSA) is 15.8 Å². The number of nitrogens with one attached hydrogen (secondary N) is 1. The van der Waals surface area contributed by atoms with Crippen molar-refractivity contribution < 1.29 is 0 Å². The molecule has 0 saturated carbocycles. The van der Waals surface area contributed by atoms with Gasteiger partial charge in [0.05, 0.1) is 0 Å². The van der Waals surface area contributed by atoms with E-state index < -0.39 is 0 Å². The number of fused-ring (bicyclic) bond motifs is 1. The summed E-state index contributed by atoms with van der Waals surface area (Å²) < 4.78 is 0. The summed E-state index contributed by atoms with van der Waals surface area (Å²) in [6.07, 6.45) is 4.26. The molecule has 1 nitrogen and oxygen atoms in total. The van der Waals surface area contributed by atoms with Gasteiger partial charge in [-0.3, -0.25) is 0 Å². The van der Waals surface area contributed by atoms with Crippen LogP contribution in [0.25, 0.3) is 10.9 Å². The fourth-order valence-electron chi connectivity index (χ4n) is 1.72. The van der Waals surface area contributed by atoms with Crippen LogP contribution in [-0.4, -0.2) is 11.2 Å². The van der Waals surface area contributed by atoms with Crippen molar-refractivity contribution in [1.29, 1.82) is 0 Å². The Morgan fingerprint density at radius 1 is 1.38 bits per heavy atom. The van der Waals surface area contributed by atoms with Gasteiger partial charge >= 0.3 is 0 Å². The highest BCUT2D eigenvalue weighted by Gasteiger charge is 2.04. The summed E-state index contributed by atoms with van der Waals surface area (Å²) >= 11 is 1.86. The van der Waals surface area contributed by atoms with Gasteiger partial charge in [0.15, 0.2) is 0 Å². The van der Waals surface area contributed by atoms with Gasteiger partial charge in [0, 0.05) is 22.9 Å². The van der Waals surface area contributed by atoms with Crippen LogP contribution in [0.1, 0.15) is 11.1 Å². The summed E-state index contributed by atoms with van der Waals surface area (Å²) in [6, 6.07) is 6.39. The molecule has 2 heteroatoms. The second-order valence-corrected chi connectivity index (χ2v) is 4.11. The monoisotopic (exact) mass is 191 g/mol. The van der Waals surface area contributed by atoms with E-state index in [0.29, 0.717) is 0 Å². The van der Waals surface area contributed by atoms with Gasteiger partial charge in [0.25, 0.3) is 0 Å². The van der Waals surface area contributed by atoms with Crippen LogP contribution in [0, 0.1) is 6.92 Å². The molecule has 1 aromatic heterocycles. The maximum Gasteiger partial charge on any atom is 0.0459 e. The second-order valence-electron chi connectivity index (χ2n) is 3.24. The van der Waals surface area contributed by atoms with Crippen LogP contribution in [0.3, 0.4) is 0 Å². The first-order valence-electron chi connectivity index (χ1n) is 4.37. The molecular weight excluding hydrogens is 178 g/mol. The van der Waals surface area contributed by atoms with Crippen molar-refractivity contribution in [2.75, 3.05) is 6.26 Å². The molecule has 0 unspecified atom stereocenters. The average molecular weight is 191 g/mol. The predicted molar refractivity (Wildman–Crippen MR) is 60.3 cm³/mol. The molecule has 0 fully saturated rings. The van der Waals surface area contributed by atoms with E-state index in [0.717, 1.165) is 5.75 Å². The Balaban J connectivity index is 2.64. The lowest BCUT2D eigenvalue weighted by Crippen LogP contribution is -1.79. The lowest BCUT2D eigenvalue weighted by atomic mass is 10.1. The Kier molecular flexibility index (Phi) is 2.32. The molecule has 0 atom stereocenters. The van der Waals surface area contributed by atoms with Crippen molar-refractivity contribution in [2.45, 2.75) is 12.7 Å².